The number of ether oxygens (including phenoxy) is 1. The molecule has 1 aromatic heterocycles. The lowest BCUT2D eigenvalue weighted by Crippen LogP contribution is -2.22. The lowest BCUT2D eigenvalue weighted by molar-refractivity contribution is -0.384. The van der Waals surface area contributed by atoms with Crippen molar-refractivity contribution in [2.45, 2.75) is 6.92 Å². The predicted octanol–water partition coefficient (Wildman–Crippen LogP) is 3.06. The zero-order valence-electron chi connectivity index (χ0n) is 15.2. The summed E-state index contributed by atoms with van der Waals surface area (Å²) in [5, 5.41) is 17.7. The maximum absolute atomic E-state index is 13.1. The fraction of sp³-hybridized carbons (Fsp3) is 0.105. The third-order valence-electron chi connectivity index (χ3n) is 3.86. The Kier molecular flexibility index (Phi) is 5.63. The maximum atomic E-state index is 13.1. The molecule has 0 unspecified atom stereocenters. The Hall–Kier alpha value is -4.08. The zero-order chi connectivity index (χ0) is 21.0. The Morgan fingerprint density at radius 2 is 2.00 bits per heavy atom. The lowest BCUT2D eigenvalue weighted by Gasteiger charge is -2.11. The summed E-state index contributed by atoms with van der Waals surface area (Å²) in [7, 11) is 0. The fourth-order valence-corrected chi connectivity index (χ4v) is 2.56. The summed E-state index contributed by atoms with van der Waals surface area (Å²) in [4.78, 5) is 33.5. The van der Waals surface area contributed by atoms with E-state index in [1.54, 1.807) is 13.0 Å². The average Bonchev–Trinajstić information content (AvgIpc) is 3.06. The highest BCUT2D eigenvalue weighted by molar-refractivity contribution is 5.91. The number of non-ortho nitro benzene ring substituents is 1. The number of nitrogens with one attached hydrogen (secondary N) is 1. The number of amides is 1. The van der Waals surface area contributed by atoms with Crippen LogP contribution in [-0.2, 0) is 4.79 Å². The van der Waals surface area contributed by atoms with E-state index in [1.807, 2.05) is 0 Å². The quantitative estimate of drug-likeness (QED) is 0.371. The summed E-state index contributed by atoms with van der Waals surface area (Å²) >= 11 is 0. The first-order valence-electron chi connectivity index (χ1n) is 8.36. The Balaban J connectivity index is 1.71. The van der Waals surface area contributed by atoms with Crippen LogP contribution in [0, 0.1) is 22.9 Å². The van der Waals surface area contributed by atoms with Gasteiger partial charge in [0, 0.05) is 18.2 Å². The molecule has 0 atom stereocenters. The molecule has 9 nitrogen and oxygen atoms in total. The number of halogens is 1. The van der Waals surface area contributed by atoms with E-state index in [4.69, 9.17) is 4.74 Å². The number of nitro groups is 1. The molecular formula is C19H15FN4O5. The normalized spacial score (nSPS) is 10.4. The number of hydrogen-bond acceptors (Lipinski definition) is 6. The van der Waals surface area contributed by atoms with Crippen LogP contribution in [0.5, 0.6) is 5.75 Å². The third kappa shape index (κ3) is 4.61. The summed E-state index contributed by atoms with van der Waals surface area (Å²) in [6, 6.07) is 10.7. The average molecular weight is 398 g/mol. The van der Waals surface area contributed by atoms with Gasteiger partial charge in [-0.25, -0.2) is 9.07 Å². The largest absolute Gasteiger partial charge is 0.483 e. The minimum Gasteiger partial charge on any atom is -0.483 e. The van der Waals surface area contributed by atoms with Crippen molar-refractivity contribution in [1.82, 2.24) is 9.78 Å². The number of nitro benzene ring substituents is 1. The molecule has 1 amide bonds. The minimum absolute atomic E-state index is 0.0424. The van der Waals surface area contributed by atoms with Crippen molar-refractivity contribution < 1.29 is 23.6 Å². The smallest absolute Gasteiger partial charge is 0.270 e. The van der Waals surface area contributed by atoms with Crippen LogP contribution < -0.4 is 10.1 Å². The van der Waals surface area contributed by atoms with Gasteiger partial charge in [-0.3, -0.25) is 19.7 Å². The Morgan fingerprint density at radius 3 is 2.66 bits per heavy atom. The van der Waals surface area contributed by atoms with E-state index < -0.39 is 23.3 Å². The number of aldehydes is 1. The van der Waals surface area contributed by atoms with Crippen LogP contribution in [0.25, 0.3) is 5.69 Å². The molecule has 0 aliphatic carbocycles. The standard InChI is InChI=1S/C19H15FN4O5/c1-12-8-18(23(22-12)15-4-2-14(20)3-5-15)21-19(26)11-29-17-7-6-16(24(27)28)9-13(17)10-25/h2-10H,11H2,1H3,(H,21,26). The molecule has 1 heterocycles. The molecule has 10 heteroatoms. The van der Waals surface area contributed by atoms with E-state index in [9.17, 15) is 24.1 Å². The molecule has 29 heavy (non-hydrogen) atoms. The second-order valence-electron chi connectivity index (χ2n) is 5.99. The van der Waals surface area contributed by atoms with Crippen LogP contribution in [0.1, 0.15) is 16.1 Å². The van der Waals surface area contributed by atoms with Crippen LogP contribution in [0.15, 0.2) is 48.5 Å². The van der Waals surface area contributed by atoms with Crippen LogP contribution in [0.3, 0.4) is 0 Å². The molecule has 0 bridgehead atoms. The number of nitrogens with zero attached hydrogens (tertiary/aromatic N) is 3. The van der Waals surface area contributed by atoms with Gasteiger partial charge in [-0.1, -0.05) is 0 Å². The van der Waals surface area contributed by atoms with Gasteiger partial charge in [-0.05, 0) is 37.3 Å². The van der Waals surface area contributed by atoms with Gasteiger partial charge in [0.2, 0.25) is 0 Å². The van der Waals surface area contributed by atoms with E-state index in [0.717, 1.165) is 6.07 Å². The lowest BCUT2D eigenvalue weighted by atomic mass is 10.2. The molecule has 0 saturated carbocycles. The molecule has 0 radical (unpaired) electrons. The summed E-state index contributed by atoms with van der Waals surface area (Å²) in [5.74, 6) is -0.542. The van der Waals surface area contributed by atoms with Crippen molar-refractivity contribution in [2.75, 3.05) is 11.9 Å². The van der Waals surface area contributed by atoms with Crippen molar-refractivity contribution in [1.29, 1.82) is 0 Å². The summed E-state index contributed by atoms with van der Waals surface area (Å²) in [6.45, 7) is 1.30. The molecule has 1 N–H and O–H groups in total. The Bertz CT molecular complexity index is 1080. The van der Waals surface area contributed by atoms with Crippen LogP contribution in [0.4, 0.5) is 15.9 Å². The van der Waals surface area contributed by atoms with Crippen LogP contribution in [-0.4, -0.2) is 33.5 Å². The summed E-state index contributed by atoms with van der Waals surface area (Å²) in [6.07, 6.45) is 0.410. The van der Waals surface area contributed by atoms with Gasteiger partial charge in [0.25, 0.3) is 11.6 Å². The predicted molar refractivity (Wildman–Crippen MR) is 101 cm³/mol. The van der Waals surface area contributed by atoms with Crippen LogP contribution in [0.2, 0.25) is 0 Å². The van der Waals surface area contributed by atoms with Gasteiger partial charge in [-0.2, -0.15) is 5.10 Å². The molecule has 0 spiro atoms. The number of carbonyl (C=O) groups excluding carboxylic acids is 2. The van der Waals surface area contributed by atoms with E-state index in [-0.39, 0.29) is 17.0 Å². The van der Waals surface area contributed by atoms with Crippen molar-refractivity contribution in [3.8, 4) is 11.4 Å². The van der Waals surface area contributed by atoms with Crippen molar-refractivity contribution in [3.63, 3.8) is 0 Å². The number of hydrogen-bond donors (Lipinski definition) is 1. The number of aromatic nitrogens is 2. The minimum atomic E-state index is -0.636. The molecule has 3 rings (SSSR count). The highest BCUT2D eigenvalue weighted by Gasteiger charge is 2.15. The van der Waals surface area contributed by atoms with Gasteiger partial charge >= 0.3 is 0 Å². The number of aryl methyl sites for hydroxylation is 1. The summed E-state index contributed by atoms with van der Waals surface area (Å²) in [5.41, 5.74) is 0.875. The molecule has 2 aromatic carbocycles. The zero-order valence-corrected chi connectivity index (χ0v) is 15.2. The van der Waals surface area contributed by atoms with Crippen molar-refractivity contribution in [3.05, 3.63) is 75.7 Å². The second-order valence-corrected chi connectivity index (χ2v) is 5.99. The van der Waals surface area contributed by atoms with E-state index in [0.29, 0.717) is 23.5 Å². The highest BCUT2D eigenvalue weighted by atomic mass is 19.1. The maximum Gasteiger partial charge on any atom is 0.270 e. The highest BCUT2D eigenvalue weighted by Crippen LogP contribution is 2.23. The molecule has 3 aromatic rings. The number of rotatable bonds is 7. The molecule has 0 aliphatic heterocycles. The topological polar surface area (TPSA) is 116 Å². The van der Waals surface area contributed by atoms with Crippen molar-refractivity contribution in [2.24, 2.45) is 0 Å². The van der Waals surface area contributed by atoms with E-state index in [2.05, 4.69) is 10.4 Å². The molecule has 0 fully saturated rings. The third-order valence-corrected chi connectivity index (χ3v) is 3.86. The summed E-state index contributed by atoms with van der Waals surface area (Å²) < 4.78 is 19.9. The van der Waals surface area contributed by atoms with Crippen molar-refractivity contribution >= 4 is 23.7 Å². The first-order chi connectivity index (χ1) is 13.9. The van der Waals surface area contributed by atoms with Gasteiger partial charge < -0.3 is 10.1 Å². The Morgan fingerprint density at radius 1 is 1.28 bits per heavy atom. The fourth-order valence-electron chi connectivity index (χ4n) is 2.56. The monoisotopic (exact) mass is 398 g/mol. The number of benzene rings is 2. The van der Waals surface area contributed by atoms with Crippen LogP contribution >= 0.6 is 0 Å². The molecular weight excluding hydrogens is 383 g/mol. The number of carbonyl (C=O) groups is 2. The van der Waals surface area contributed by atoms with E-state index >= 15 is 0 Å². The molecule has 0 aliphatic rings. The van der Waals surface area contributed by atoms with Gasteiger partial charge in [-0.15, -0.1) is 0 Å². The first kappa shape index (κ1) is 19.7. The molecule has 0 saturated heterocycles. The van der Waals surface area contributed by atoms with Gasteiger partial charge in [0.05, 0.1) is 21.9 Å². The molecule has 148 valence electrons. The Labute approximate surface area is 163 Å². The second kappa shape index (κ2) is 8.30. The SMILES string of the molecule is Cc1cc(NC(=O)COc2ccc([N+](=O)[O-])cc2C=O)n(-c2ccc(F)cc2)n1. The van der Waals surface area contributed by atoms with Gasteiger partial charge in [0.1, 0.15) is 17.4 Å². The first-order valence-corrected chi connectivity index (χ1v) is 8.36. The van der Waals surface area contributed by atoms with Gasteiger partial charge in [0.15, 0.2) is 12.9 Å². The van der Waals surface area contributed by atoms with E-state index in [1.165, 1.54) is 41.1 Å². The number of anilines is 1.